The lowest BCUT2D eigenvalue weighted by Crippen LogP contribution is -2.20. The molecule has 2 heterocycles. The number of pyridine rings is 1. The van der Waals surface area contributed by atoms with Gasteiger partial charge in [0.2, 0.25) is 0 Å². The largest absolute Gasteiger partial charge is 0.392 e. The maximum Gasteiger partial charge on any atom is 0.134 e. The Morgan fingerprint density at radius 2 is 2.05 bits per heavy atom. The van der Waals surface area contributed by atoms with E-state index in [2.05, 4.69) is 15.0 Å². The summed E-state index contributed by atoms with van der Waals surface area (Å²) in [4.78, 5) is 15.0. The summed E-state index contributed by atoms with van der Waals surface area (Å²) in [5, 5.41) is 10.6. The third-order valence-electron chi connectivity index (χ3n) is 3.33. The van der Waals surface area contributed by atoms with Gasteiger partial charge in [-0.2, -0.15) is 0 Å². The van der Waals surface area contributed by atoms with E-state index in [0.717, 1.165) is 28.0 Å². The number of hydrogen-bond acceptors (Lipinski definition) is 5. The Balaban J connectivity index is 1.98. The zero-order valence-corrected chi connectivity index (χ0v) is 11.8. The van der Waals surface area contributed by atoms with Crippen LogP contribution in [0.2, 0.25) is 0 Å². The Labute approximate surface area is 122 Å². The van der Waals surface area contributed by atoms with Crippen molar-refractivity contribution in [1.82, 2.24) is 15.0 Å². The number of anilines is 1. The Kier molecular flexibility index (Phi) is 3.75. The Morgan fingerprint density at radius 1 is 1.19 bits per heavy atom. The van der Waals surface area contributed by atoms with Crippen LogP contribution < -0.4 is 4.90 Å². The van der Waals surface area contributed by atoms with E-state index in [1.807, 2.05) is 42.3 Å². The predicted octanol–water partition coefficient (Wildman–Crippen LogP) is 2.15. The van der Waals surface area contributed by atoms with Gasteiger partial charge in [-0.3, -0.25) is 9.97 Å². The molecule has 0 atom stereocenters. The summed E-state index contributed by atoms with van der Waals surface area (Å²) in [6.45, 7) is 0.546. The van der Waals surface area contributed by atoms with Gasteiger partial charge in [0, 0.05) is 30.4 Å². The van der Waals surface area contributed by atoms with Gasteiger partial charge in [0.15, 0.2) is 0 Å². The average Bonchev–Trinajstić information content (AvgIpc) is 2.54. The van der Waals surface area contributed by atoms with Crippen LogP contribution in [-0.2, 0) is 13.2 Å². The number of rotatable bonds is 4. The number of aliphatic hydroxyl groups excluding tert-OH is 1. The highest BCUT2D eigenvalue weighted by atomic mass is 16.3. The van der Waals surface area contributed by atoms with Gasteiger partial charge in [-0.15, -0.1) is 0 Å². The van der Waals surface area contributed by atoms with Crippen LogP contribution in [0.4, 0.5) is 5.82 Å². The Bertz CT molecular complexity index is 746. The molecule has 0 aliphatic rings. The molecule has 0 radical (unpaired) electrons. The molecule has 1 N–H and O–H groups in total. The monoisotopic (exact) mass is 280 g/mol. The first kappa shape index (κ1) is 13.5. The first-order valence-corrected chi connectivity index (χ1v) is 6.73. The van der Waals surface area contributed by atoms with E-state index < -0.39 is 0 Å². The van der Waals surface area contributed by atoms with E-state index in [4.69, 9.17) is 0 Å². The second-order valence-corrected chi connectivity index (χ2v) is 4.87. The molecular formula is C16H16N4O. The SMILES string of the molecule is CN(Cc1cnccn1)c1nc2ccccc2cc1CO. The minimum Gasteiger partial charge on any atom is -0.392 e. The molecule has 0 amide bonds. The minimum absolute atomic E-state index is 0.0437. The molecule has 0 saturated heterocycles. The number of para-hydroxylation sites is 1. The normalized spacial score (nSPS) is 10.8. The van der Waals surface area contributed by atoms with E-state index in [-0.39, 0.29) is 6.61 Å². The van der Waals surface area contributed by atoms with E-state index in [9.17, 15) is 5.11 Å². The third kappa shape index (κ3) is 2.83. The quantitative estimate of drug-likeness (QED) is 0.793. The summed E-state index contributed by atoms with van der Waals surface area (Å²) in [5.74, 6) is 0.766. The fourth-order valence-electron chi connectivity index (χ4n) is 2.33. The summed E-state index contributed by atoms with van der Waals surface area (Å²) < 4.78 is 0. The molecule has 0 unspecified atom stereocenters. The number of aliphatic hydroxyl groups is 1. The van der Waals surface area contributed by atoms with E-state index >= 15 is 0 Å². The van der Waals surface area contributed by atoms with Crippen molar-refractivity contribution in [3.05, 3.63) is 60.2 Å². The molecule has 0 spiro atoms. The van der Waals surface area contributed by atoms with Crippen molar-refractivity contribution in [2.45, 2.75) is 13.2 Å². The lowest BCUT2D eigenvalue weighted by Gasteiger charge is -2.20. The number of fused-ring (bicyclic) bond motifs is 1. The predicted molar refractivity (Wildman–Crippen MR) is 81.8 cm³/mol. The summed E-state index contributed by atoms with van der Waals surface area (Å²) in [6.07, 6.45) is 5.05. The lowest BCUT2D eigenvalue weighted by molar-refractivity contribution is 0.282. The van der Waals surface area contributed by atoms with Crippen molar-refractivity contribution in [2.24, 2.45) is 0 Å². The van der Waals surface area contributed by atoms with Crippen molar-refractivity contribution in [3.63, 3.8) is 0 Å². The van der Waals surface area contributed by atoms with Crippen LogP contribution in [-0.4, -0.2) is 27.1 Å². The van der Waals surface area contributed by atoms with E-state index in [1.165, 1.54) is 0 Å². The van der Waals surface area contributed by atoms with Crippen LogP contribution >= 0.6 is 0 Å². The number of aromatic nitrogens is 3. The summed E-state index contributed by atoms with van der Waals surface area (Å²) in [7, 11) is 1.94. The zero-order valence-electron chi connectivity index (χ0n) is 11.8. The van der Waals surface area contributed by atoms with Crippen molar-refractivity contribution in [3.8, 4) is 0 Å². The minimum atomic E-state index is -0.0437. The molecule has 3 aromatic rings. The highest BCUT2D eigenvalue weighted by Crippen LogP contribution is 2.23. The lowest BCUT2D eigenvalue weighted by atomic mass is 10.1. The number of hydrogen-bond donors (Lipinski definition) is 1. The fourth-order valence-corrected chi connectivity index (χ4v) is 2.33. The molecule has 1 aromatic carbocycles. The van der Waals surface area contributed by atoms with Gasteiger partial charge in [-0.05, 0) is 12.1 Å². The molecule has 3 rings (SSSR count). The average molecular weight is 280 g/mol. The zero-order chi connectivity index (χ0) is 14.7. The van der Waals surface area contributed by atoms with E-state index in [0.29, 0.717) is 6.54 Å². The number of nitrogens with zero attached hydrogens (tertiary/aromatic N) is 4. The smallest absolute Gasteiger partial charge is 0.134 e. The molecule has 21 heavy (non-hydrogen) atoms. The molecular weight excluding hydrogens is 264 g/mol. The highest BCUT2D eigenvalue weighted by molar-refractivity contribution is 5.81. The van der Waals surface area contributed by atoms with Crippen LogP contribution in [0.3, 0.4) is 0 Å². The summed E-state index contributed by atoms with van der Waals surface area (Å²) in [5.41, 5.74) is 2.58. The second-order valence-electron chi connectivity index (χ2n) is 4.87. The molecule has 5 nitrogen and oxygen atoms in total. The molecule has 0 bridgehead atoms. The number of benzene rings is 1. The van der Waals surface area contributed by atoms with Crippen LogP contribution in [0.25, 0.3) is 10.9 Å². The van der Waals surface area contributed by atoms with Gasteiger partial charge in [-0.25, -0.2) is 4.98 Å². The molecule has 5 heteroatoms. The maximum atomic E-state index is 9.60. The van der Waals surface area contributed by atoms with Gasteiger partial charge >= 0.3 is 0 Å². The van der Waals surface area contributed by atoms with Crippen molar-refractivity contribution >= 4 is 16.7 Å². The van der Waals surface area contributed by atoms with Gasteiger partial charge in [0.05, 0.1) is 30.6 Å². The van der Waals surface area contributed by atoms with Crippen molar-refractivity contribution in [1.29, 1.82) is 0 Å². The van der Waals surface area contributed by atoms with Gasteiger partial charge < -0.3 is 10.0 Å². The van der Waals surface area contributed by atoms with Crippen LogP contribution in [0.1, 0.15) is 11.3 Å². The first-order chi connectivity index (χ1) is 10.3. The Hall–Kier alpha value is -2.53. The summed E-state index contributed by atoms with van der Waals surface area (Å²) in [6, 6.07) is 9.86. The highest BCUT2D eigenvalue weighted by Gasteiger charge is 2.11. The van der Waals surface area contributed by atoms with Crippen molar-refractivity contribution in [2.75, 3.05) is 11.9 Å². The molecule has 0 aliphatic carbocycles. The topological polar surface area (TPSA) is 62.1 Å². The molecule has 0 aliphatic heterocycles. The van der Waals surface area contributed by atoms with Crippen LogP contribution in [0, 0.1) is 0 Å². The molecule has 0 saturated carbocycles. The van der Waals surface area contributed by atoms with Crippen LogP contribution in [0.15, 0.2) is 48.9 Å². The molecule has 106 valence electrons. The van der Waals surface area contributed by atoms with Gasteiger partial charge in [-0.1, -0.05) is 18.2 Å². The standard InChI is InChI=1S/C16H16N4O/c1-20(10-14-9-17-6-7-18-14)16-13(11-21)8-12-4-2-3-5-15(12)19-16/h2-9,21H,10-11H2,1H3. The second kappa shape index (κ2) is 5.85. The third-order valence-corrected chi connectivity index (χ3v) is 3.33. The first-order valence-electron chi connectivity index (χ1n) is 6.73. The van der Waals surface area contributed by atoms with E-state index in [1.54, 1.807) is 18.6 Å². The maximum absolute atomic E-state index is 9.60. The summed E-state index contributed by atoms with van der Waals surface area (Å²) >= 11 is 0. The van der Waals surface area contributed by atoms with Crippen LogP contribution in [0.5, 0.6) is 0 Å². The molecule has 2 aromatic heterocycles. The molecule has 0 fully saturated rings. The van der Waals surface area contributed by atoms with Crippen molar-refractivity contribution < 1.29 is 5.11 Å². The van der Waals surface area contributed by atoms with Gasteiger partial charge in [0.25, 0.3) is 0 Å². The fraction of sp³-hybridized carbons (Fsp3) is 0.188. The Morgan fingerprint density at radius 3 is 2.81 bits per heavy atom. The van der Waals surface area contributed by atoms with Gasteiger partial charge in [0.1, 0.15) is 5.82 Å².